The van der Waals surface area contributed by atoms with Crippen LogP contribution in [0.3, 0.4) is 0 Å². The van der Waals surface area contributed by atoms with E-state index >= 15 is 0 Å². The van der Waals surface area contributed by atoms with E-state index in [9.17, 15) is 14.4 Å². The zero-order valence-corrected chi connectivity index (χ0v) is 19.4. The summed E-state index contributed by atoms with van der Waals surface area (Å²) < 4.78 is 10.7. The van der Waals surface area contributed by atoms with Crippen LogP contribution in [-0.2, 0) is 20.7 Å². The van der Waals surface area contributed by atoms with Crippen LogP contribution in [0.15, 0.2) is 10.8 Å². The molecule has 0 spiro atoms. The quantitative estimate of drug-likeness (QED) is 0.640. The first kappa shape index (κ1) is 23.7. The second-order valence-electron chi connectivity index (χ2n) is 8.47. The molecule has 0 radical (unpaired) electrons. The van der Waals surface area contributed by atoms with Crippen molar-refractivity contribution in [3.05, 3.63) is 21.5 Å². The van der Waals surface area contributed by atoms with Gasteiger partial charge >= 0.3 is 12.1 Å². The van der Waals surface area contributed by atoms with Gasteiger partial charge in [-0.1, -0.05) is 0 Å². The summed E-state index contributed by atoms with van der Waals surface area (Å²) in [6, 6.07) is -0.976. The fourth-order valence-corrected chi connectivity index (χ4v) is 3.87. The minimum atomic E-state index is -0.976. The molecule has 2 aromatic rings. The van der Waals surface area contributed by atoms with E-state index in [2.05, 4.69) is 15.3 Å². The minimum absolute atomic E-state index is 0.118. The van der Waals surface area contributed by atoms with E-state index in [1.54, 1.807) is 52.3 Å². The number of nitrogens with one attached hydrogen (secondary N) is 1. The lowest BCUT2D eigenvalue weighted by Gasteiger charge is -2.25. The number of primary amides is 1. The van der Waals surface area contributed by atoms with Gasteiger partial charge in [0.1, 0.15) is 33.6 Å². The molecule has 0 unspecified atom stereocenters. The molecular weight excluding hydrogens is 428 g/mol. The van der Waals surface area contributed by atoms with Gasteiger partial charge in [0.2, 0.25) is 0 Å². The molecule has 2 heterocycles. The van der Waals surface area contributed by atoms with Gasteiger partial charge in [-0.05, 0) is 41.5 Å². The Hall–Kier alpha value is -2.53. The topological polar surface area (TPSA) is 133 Å². The van der Waals surface area contributed by atoms with Gasteiger partial charge in [-0.15, -0.1) is 22.7 Å². The highest BCUT2D eigenvalue weighted by Crippen LogP contribution is 2.26. The first-order valence-corrected chi connectivity index (χ1v) is 10.9. The molecule has 0 aliphatic carbocycles. The lowest BCUT2D eigenvalue weighted by atomic mass is 10.1. The summed E-state index contributed by atoms with van der Waals surface area (Å²) >= 11 is 2.55. The number of thiazole rings is 2. The number of esters is 1. The Balaban J connectivity index is 2.18. The molecular formula is C19H26N4O5S2. The van der Waals surface area contributed by atoms with Crippen LogP contribution in [0.5, 0.6) is 0 Å². The van der Waals surface area contributed by atoms with E-state index in [1.165, 1.54) is 22.7 Å². The molecule has 164 valence electrons. The molecule has 2 aromatic heterocycles. The van der Waals surface area contributed by atoms with E-state index in [0.717, 1.165) is 0 Å². The van der Waals surface area contributed by atoms with Crippen molar-refractivity contribution < 1.29 is 23.9 Å². The van der Waals surface area contributed by atoms with Crippen LogP contribution in [-0.4, -0.2) is 45.2 Å². The van der Waals surface area contributed by atoms with E-state index < -0.39 is 35.2 Å². The number of aromatic nitrogens is 2. The number of nitrogens with zero attached hydrogens (tertiary/aromatic N) is 2. The fraction of sp³-hybridized carbons (Fsp3) is 0.526. The zero-order valence-electron chi connectivity index (χ0n) is 17.8. The first-order valence-electron chi connectivity index (χ1n) is 9.16. The number of ether oxygens (including phenoxy) is 2. The molecule has 0 saturated heterocycles. The number of carbonyl (C=O) groups is 3. The number of amides is 2. The third-order valence-corrected chi connectivity index (χ3v) is 5.02. The van der Waals surface area contributed by atoms with Crippen molar-refractivity contribution in [2.75, 3.05) is 0 Å². The average molecular weight is 455 g/mol. The number of hydrogen-bond donors (Lipinski definition) is 2. The Morgan fingerprint density at radius 2 is 1.67 bits per heavy atom. The number of rotatable bonds is 6. The molecule has 2 amide bonds. The Kier molecular flexibility index (Phi) is 7.19. The van der Waals surface area contributed by atoms with E-state index in [4.69, 9.17) is 15.2 Å². The lowest BCUT2D eigenvalue weighted by molar-refractivity contribution is -0.157. The van der Waals surface area contributed by atoms with Crippen LogP contribution in [0.2, 0.25) is 0 Å². The maximum atomic E-state index is 12.6. The molecule has 1 atom stereocenters. The van der Waals surface area contributed by atoms with Crippen LogP contribution < -0.4 is 11.1 Å². The van der Waals surface area contributed by atoms with Crippen molar-refractivity contribution in [3.8, 4) is 10.7 Å². The maximum absolute atomic E-state index is 12.6. The highest BCUT2D eigenvalue weighted by atomic mass is 32.1. The predicted octanol–water partition coefficient (Wildman–Crippen LogP) is 3.14. The van der Waals surface area contributed by atoms with E-state index in [-0.39, 0.29) is 12.1 Å². The highest BCUT2D eigenvalue weighted by Gasteiger charge is 2.30. The highest BCUT2D eigenvalue weighted by molar-refractivity contribution is 7.14. The maximum Gasteiger partial charge on any atom is 0.408 e. The van der Waals surface area contributed by atoms with Crippen LogP contribution in [0.25, 0.3) is 10.7 Å². The molecule has 2 rings (SSSR count). The third kappa shape index (κ3) is 7.38. The molecule has 0 saturated carbocycles. The summed E-state index contributed by atoms with van der Waals surface area (Å²) in [4.78, 5) is 44.7. The van der Waals surface area contributed by atoms with Crippen LogP contribution in [0, 0.1) is 0 Å². The summed E-state index contributed by atoms with van der Waals surface area (Å²) in [6.07, 6.45) is -0.603. The van der Waals surface area contributed by atoms with Crippen LogP contribution in [0.1, 0.15) is 57.0 Å². The van der Waals surface area contributed by atoms with Crippen LogP contribution in [0.4, 0.5) is 4.79 Å². The molecule has 0 bridgehead atoms. The van der Waals surface area contributed by atoms with Gasteiger partial charge in [-0.3, -0.25) is 4.79 Å². The van der Waals surface area contributed by atoms with Crippen molar-refractivity contribution in [1.29, 1.82) is 0 Å². The summed E-state index contributed by atoms with van der Waals surface area (Å²) in [6.45, 7) is 10.4. The van der Waals surface area contributed by atoms with Crippen LogP contribution >= 0.6 is 22.7 Å². The Bertz CT molecular complexity index is 924. The number of hydrogen-bond acceptors (Lipinski definition) is 9. The van der Waals surface area contributed by atoms with E-state index in [1.807, 2.05) is 0 Å². The largest absolute Gasteiger partial charge is 0.458 e. The third-order valence-electron chi connectivity index (χ3n) is 3.29. The Morgan fingerprint density at radius 3 is 2.20 bits per heavy atom. The molecule has 3 N–H and O–H groups in total. The number of alkyl carbamates (subject to hydrolysis) is 1. The molecule has 0 aliphatic heterocycles. The van der Waals surface area contributed by atoms with E-state index in [0.29, 0.717) is 15.7 Å². The molecule has 30 heavy (non-hydrogen) atoms. The first-order chi connectivity index (χ1) is 13.7. The minimum Gasteiger partial charge on any atom is -0.458 e. The van der Waals surface area contributed by atoms with Gasteiger partial charge in [0.25, 0.3) is 5.91 Å². The smallest absolute Gasteiger partial charge is 0.408 e. The second kappa shape index (κ2) is 9.09. The van der Waals surface area contributed by atoms with Gasteiger partial charge in [-0.25, -0.2) is 19.6 Å². The van der Waals surface area contributed by atoms with Gasteiger partial charge in [0.05, 0.1) is 5.01 Å². The average Bonchev–Trinajstić information content (AvgIpc) is 3.19. The fourth-order valence-electron chi connectivity index (χ4n) is 2.20. The van der Waals surface area contributed by atoms with Crippen molar-refractivity contribution in [3.63, 3.8) is 0 Å². The van der Waals surface area contributed by atoms with Crippen molar-refractivity contribution in [2.45, 2.75) is 65.2 Å². The summed E-state index contributed by atoms with van der Waals surface area (Å²) in [7, 11) is 0. The monoisotopic (exact) mass is 454 g/mol. The number of nitrogens with two attached hydrogens (primary N) is 1. The lowest BCUT2D eigenvalue weighted by Crippen LogP contribution is -2.47. The summed E-state index contributed by atoms with van der Waals surface area (Å²) in [5.74, 6) is -1.20. The van der Waals surface area contributed by atoms with Crippen molar-refractivity contribution in [1.82, 2.24) is 15.3 Å². The second-order valence-corrected chi connectivity index (χ2v) is 10.3. The molecule has 0 aliphatic rings. The molecule has 0 aromatic carbocycles. The van der Waals surface area contributed by atoms with Gasteiger partial charge < -0.3 is 20.5 Å². The molecule has 0 fully saturated rings. The normalized spacial score (nSPS) is 12.9. The predicted molar refractivity (Wildman–Crippen MR) is 114 cm³/mol. The van der Waals surface area contributed by atoms with Gasteiger partial charge in [0, 0.05) is 17.2 Å². The van der Waals surface area contributed by atoms with Crippen molar-refractivity contribution >= 4 is 40.6 Å². The Labute approximate surface area is 183 Å². The van der Waals surface area contributed by atoms with Gasteiger partial charge in [0.15, 0.2) is 0 Å². The molecule has 9 nitrogen and oxygen atoms in total. The standard InChI is InChI=1S/C19H26N4O5S2/c1-18(2,3)27-16(25)10(23-17(26)28-19(4,5)6)7-13-21-12(9-29-13)15-22-11(8-30-15)14(20)24/h8-10H,7H2,1-6H3,(H2,20,24)(H,23,26)/t10-/m0/s1. The molecule has 11 heteroatoms. The van der Waals surface area contributed by atoms with Crippen molar-refractivity contribution in [2.24, 2.45) is 5.73 Å². The Morgan fingerprint density at radius 1 is 1.03 bits per heavy atom. The zero-order chi connectivity index (χ0) is 22.7. The summed E-state index contributed by atoms with van der Waals surface area (Å²) in [5.41, 5.74) is 4.54. The SMILES string of the molecule is CC(C)(C)OC(=O)N[C@@H](Cc1nc(-c2nc(C(N)=O)cs2)cs1)C(=O)OC(C)(C)C. The van der Waals surface area contributed by atoms with Gasteiger partial charge in [-0.2, -0.15) is 0 Å². The number of carbonyl (C=O) groups excluding carboxylic acids is 3. The summed E-state index contributed by atoms with van der Waals surface area (Å²) in [5, 5.41) is 7.02.